The van der Waals surface area contributed by atoms with E-state index < -0.39 is 0 Å². The maximum Gasteiger partial charge on any atom is 0.143 e. The fourth-order valence-electron chi connectivity index (χ4n) is 8.24. The van der Waals surface area contributed by atoms with Gasteiger partial charge in [-0.25, -0.2) is 0 Å². The zero-order chi connectivity index (χ0) is 36.3. The summed E-state index contributed by atoms with van der Waals surface area (Å²) in [6.07, 6.45) is 0. The minimum Gasteiger partial charge on any atom is -0.456 e. The Morgan fingerprint density at radius 3 is 1.60 bits per heavy atom. The smallest absolute Gasteiger partial charge is 0.143 e. The molecule has 258 valence electrons. The zero-order valence-electron chi connectivity index (χ0n) is 29.8. The molecule has 0 saturated carbocycles. The molecular weight excluding hydrogens is 671 g/mol. The molecular formula is C52H33NO2. The Morgan fingerprint density at radius 1 is 0.309 bits per heavy atom. The number of rotatable bonds is 6. The van der Waals surface area contributed by atoms with Gasteiger partial charge >= 0.3 is 0 Å². The van der Waals surface area contributed by atoms with E-state index in [1.54, 1.807) is 0 Å². The molecule has 2 heterocycles. The van der Waals surface area contributed by atoms with Gasteiger partial charge in [0.2, 0.25) is 0 Å². The van der Waals surface area contributed by atoms with Crippen LogP contribution in [0.25, 0.3) is 88.0 Å². The molecule has 3 nitrogen and oxygen atoms in total. The quantitative estimate of drug-likeness (QED) is 0.173. The highest BCUT2D eigenvalue weighted by atomic mass is 16.3. The van der Waals surface area contributed by atoms with Crippen LogP contribution in [-0.4, -0.2) is 0 Å². The van der Waals surface area contributed by atoms with Gasteiger partial charge in [-0.15, -0.1) is 0 Å². The molecule has 0 fully saturated rings. The van der Waals surface area contributed by atoms with Crippen LogP contribution in [0.1, 0.15) is 0 Å². The number of hydrogen-bond donors (Lipinski definition) is 0. The van der Waals surface area contributed by atoms with Crippen molar-refractivity contribution in [2.45, 2.75) is 0 Å². The first-order valence-corrected chi connectivity index (χ1v) is 18.7. The summed E-state index contributed by atoms with van der Waals surface area (Å²) in [5, 5.41) is 6.69. The summed E-state index contributed by atoms with van der Waals surface area (Å²) in [4.78, 5) is 2.35. The molecule has 2 aromatic heterocycles. The second-order valence-corrected chi connectivity index (χ2v) is 14.1. The van der Waals surface area contributed by atoms with E-state index in [0.29, 0.717) is 0 Å². The molecule has 0 radical (unpaired) electrons. The standard InChI is InChI=1S/C52H33NO2/c1-3-12-34(13-4-1)36-22-27-39(28-23-36)53(47-19-11-21-49-51(47)44-18-9-10-20-48(44)54-49)40-29-24-37(25-30-40)45-33-46-42-31-26-38(35-14-5-2-6-15-35)32-50(42)55-52(46)43-17-8-7-16-41(43)45/h1-33H. The molecule has 55 heavy (non-hydrogen) atoms. The van der Waals surface area contributed by atoms with Crippen LogP contribution in [0.4, 0.5) is 17.1 Å². The Balaban J connectivity index is 1.06. The molecule has 0 aliphatic rings. The lowest BCUT2D eigenvalue weighted by molar-refractivity contribution is 0.669. The largest absolute Gasteiger partial charge is 0.456 e. The monoisotopic (exact) mass is 703 g/mol. The highest BCUT2D eigenvalue weighted by molar-refractivity contribution is 6.19. The van der Waals surface area contributed by atoms with Gasteiger partial charge in [-0.2, -0.15) is 0 Å². The summed E-state index contributed by atoms with van der Waals surface area (Å²) in [7, 11) is 0. The predicted octanol–water partition coefficient (Wildman–Crippen LogP) is 15.1. The SMILES string of the molecule is c1ccc(-c2ccc(N(c3ccc(-c4cc5c6ccc(-c7ccccc7)cc6oc5c5ccccc45)cc3)c3cccc4oc5ccccc5c34)cc2)cc1. The summed E-state index contributed by atoms with van der Waals surface area (Å²) >= 11 is 0. The summed E-state index contributed by atoms with van der Waals surface area (Å²) < 4.78 is 13.0. The Labute approximate surface area is 317 Å². The molecule has 0 unspecified atom stereocenters. The van der Waals surface area contributed by atoms with E-state index >= 15 is 0 Å². The first kappa shape index (κ1) is 31.2. The van der Waals surface area contributed by atoms with Gasteiger partial charge in [0.05, 0.1) is 11.1 Å². The van der Waals surface area contributed by atoms with Crippen LogP contribution in [0.15, 0.2) is 209 Å². The molecule has 11 aromatic rings. The van der Waals surface area contributed by atoms with Crippen LogP contribution in [0.2, 0.25) is 0 Å². The Bertz CT molecular complexity index is 3180. The molecule has 0 saturated heterocycles. The van der Waals surface area contributed by atoms with Gasteiger partial charge in [0.15, 0.2) is 0 Å². The third-order valence-electron chi connectivity index (χ3n) is 10.9. The van der Waals surface area contributed by atoms with Crippen LogP contribution in [0.3, 0.4) is 0 Å². The van der Waals surface area contributed by atoms with Crippen LogP contribution in [-0.2, 0) is 0 Å². The Morgan fingerprint density at radius 2 is 0.873 bits per heavy atom. The normalized spacial score (nSPS) is 11.6. The minimum absolute atomic E-state index is 0.865. The average Bonchev–Trinajstić information content (AvgIpc) is 3.83. The van der Waals surface area contributed by atoms with Gasteiger partial charge in [0, 0.05) is 32.9 Å². The van der Waals surface area contributed by atoms with Gasteiger partial charge < -0.3 is 13.7 Å². The van der Waals surface area contributed by atoms with Gasteiger partial charge in [-0.3, -0.25) is 0 Å². The number of para-hydroxylation sites is 1. The minimum atomic E-state index is 0.865. The Kier molecular flexibility index (Phi) is 7.17. The molecule has 9 aromatic carbocycles. The molecule has 0 aliphatic carbocycles. The van der Waals surface area contributed by atoms with Crippen LogP contribution >= 0.6 is 0 Å². The highest BCUT2D eigenvalue weighted by Crippen LogP contribution is 2.45. The van der Waals surface area contributed by atoms with E-state index in [4.69, 9.17) is 8.83 Å². The van der Waals surface area contributed by atoms with Crippen LogP contribution in [0.5, 0.6) is 0 Å². The first-order valence-electron chi connectivity index (χ1n) is 18.7. The lowest BCUT2D eigenvalue weighted by Crippen LogP contribution is -2.10. The van der Waals surface area contributed by atoms with Crippen molar-refractivity contribution in [2.75, 3.05) is 4.90 Å². The number of hydrogen-bond acceptors (Lipinski definition) is 3. The zero-order valence-corrected chi connectivity index (χ0v) is 29.8. The molecule has 0 amide bonds. The highest BCUT2D eigenvalue weighted by Gasteiger charge is 2.21. The van der Waals surface area contributed by atoms with Crippen molar-refractivity contribution in [1.82, 2.24) is 0 Å². The third kappa shape index (κ3) is 5.20. The van der Waals surface area contributed by atoms with Crippen molar-refractivity contribution >= 4 is 71.7 Å². The van der Waals surface area contributed by atoms with Gasteiger partial charge in [0.1, 0.15) is 22.3 Å². The van der Waals surface area contributed by atoms with Crippen molar-refractivity contribution in [3.63, 3.8) is 0 Å². The molecule has 11 rings (SSSR count). The van der Waals surface area contributed by atoms with Gasteiger partial charge in [-0.05, 0) is 99.4 Å². The Hall–Kier alpha value is -7.36. The number of benzene rings is 9. The van der Waals surface area contributed by atoms with Crippen LogP contribution in [0, 0.1) is 0 Å². The van der Waals surface area contributed by atoms with Crippen molar-refractivity contribution in [3.05, 3.63) is 200 Å². The van der Waals surface area contributed by atoms with Crippen molar-refractivity contribution in [2.24, 2.45) is 0 Å². The second-order valence-electron chi connectivity index (χ2n) is 14.1. The first-order chi connectivity index (χ1) is 27.3. The van der Waals surface area contributed by atoms with E-state index in [1.165, 1.54) is 22.3 Å². The van der Waals surface area contributed by atoms with Crippen molar-refractivity contribution < 1.29 is 8.83 Å². The topological polar surface area (TPSA) is 29.5 Å². The van der Waals surface area contributed by atoms with E-state index in [2.05, 4.69) is 187 Å². The fourth-order valence-corrected chi connectivity index (χ4v) is 8.24. The molecule has 0 N–H and O–H groups in total. The second kappa shape index (κ2) is 12.6. The predicted molar refractivity (Wildman–Crippen MR) is 229 cm³/mol. The van der Waals surface area contributed by atoms with Crippen molar-refractivity contribution in [3.8, 4) is 33.4 Å². The molecule has 0 spiro atoms. The maximum absolute atomic E-state index is 6.65. The third-order valence-corrected chi connectivity index (χ3v) is 10.9. The lowest BCUT2D eigenvalue weighted by Gasteiger charge is -2.26. The lowest BCUT2D eigenvalue weighted by atomic mass is 9.94. The molecule has 0 bridgehead atoms. The fraction of sp³-hybridized carbons (Fsp3) is 0. The van der Waals surface area contributed by atoms with E-state index in [0.717, 1.165) is 82.8 Å². The van der Waals surface area contributed by atoms with Gasteiger partial charge in [0.25, 0.3) is 0 Å². The van der Waals surface area contributed by atoms with Crippen molar-refractivity contribution in [1.29, 1.82) is 0 Å². The number of fused-ring (bicyclic) bond motifs is 8. The average molecular weight is 704 g/mol. The van der Waals surface area contributed by atoms with E-state index in [-0.39, 0.29) is 0 Å². The molecule has 0 aliphatic heterocycles. The summed E-state index contributed by atoms with van der Waals surface area (Å²) in [5.74, 6) is 0. The molecule has 3 heteroatoms. The van der Waals surface area contributed by atoms with Crippen LogP contribution < -0.4 is 4.90 Å². The number of furan rings is 2. The maximum atomic E-state index is 6.65. The van der Waals surface area contributed by atoms with E-state index in [9.17, 15) is 0 Å². The molecule has 0 atom stereocenters. The van der Waals surface area contributed by atoms with Gasteiger partial charge in [-0.1, -0.05) is 140 Å². The summed E-state index contributed by atoms with van der Waals surface area (Å²) in [6, 6.07) is 70.9. The number of nitrogens with zero attached hydrogens (tertiary/aromatic N) is 1. The van der Waals surface area contributed by atoms with E-state index in [1.807, 2.05) is 18.2 Å². The summed E-state index contributed by atoms with van der Waals surface area (Å²) in [5.41, 5.74) is 13.7. The summed E-state index contributed by atoms with van der Waals surface area (Å²) in [6.45, 7) is 0. The number of anilines is 3.